The molecule has 8 nitrogen and oxygen atoms in total. The number of aromatic nitrogens is 4. The van der Waals surface area contributed by atoms with Crippen molar-refractivity contribution in [3.05, 3.63) is 58.2 Å². The first-order chi connectivity index (χ1) is 13.0. The number of rotatable bonds is 7. The molecule has 1 aromatic carbocycles. The van der Waals surface area contributed by atoms with E-state index in [1.165, 1.54) is 24.3 Å². The van der Waals surface area contributed by atoms with E-state index >= 15 is 0 Å². The molecule has 0 bridgehead atoms. The van der Waals surface area contributed by atoms with Gasteiger partial charge in [-0.1, -0.05) is 0 Å². The van der Waals surface area contributed by atoms with Gasteiger partial charge in [-0.2, -0.15) is 0 Å². The second-order valence-electron chi connectivity index (χ2n) is 6.16. The number of aryl methyl sites for hydroxylation is 1. The molecule has 0 radical (unpaired) electrons. The summed E-state index contributed by atoms with van der Waals surface area (Å²) in [5.74, 6) is -0.343. The van der Waals surface area contributed by atoms with Crippen molar-refractivity contribution in [3.8, 4) is 0 Å². The van der Waals surface area contributed by atoms with Crippen LogP contribution in [0.15, 0.2) is 35.4 Å². The Labute approximate surface area is 154 Å². The summed E-state index contributed by atoms with van der Waals surface area (Å²) in [5, 5.41) is 11.3. The molecular formula is C18H20FN5O3. The Balaban J connectivity index is 1.83. The first kappa shape index (κ1) is 18.7. The molecule has 0 aliphatic carbocycles. The summed E-state index contributed by atoms with van der Waals surface area (Å²) in [7, 11) is 1.63. The van der Waals surface area contributed by atoms with E-state index in [-0.39, 0.29) is 11.1 Å². The van der Waals surface area contributed by atoms with E-state index in [1.807, 2.05) is 4.57 Å². The second-order valence-corrected chi connectivity index (χ2v) is 6.16. The van der Waals surface area contributed by atoms with Crippen molar-refractivity contribution >= 4 is 16.8 Å². The van der Waals surface area contributed by atoms with Gasteiger partial charge >= 0.3 is 0 Å². The Morgan fingerprint density at radius 1 is 1.41 bits per heavy atom. The van der Waals surface area contributed by atoms with Gasteiger partial charge in [-0.3, -0.25) is 9.59 Å². The van der Waals surface area contributed by atoms with Crippen LogP contribution >= 0.6 is 0 Å². The quantitative estimate of drug-likeness (QED) is 0.615. The van der Waals surface area contributed by atoms with Crippen LogP contribution in [0.5, 0.6) is 0 Å². The van der Waals surface area contributed by atoms with E-state index in [9.17, 15) is 14.0 Å². The van der Waals surface area contributed by atoms with Crippen LogP contribution < -0.4 is 10.9 Å². The van der Waals surface area contributed by atoms with E-state index in [4.69, 9.17) is 4.74 Å². The van der Waals surface area contributed by atoms with Crippen LogP contribution in [0.25, 0.3) is 10.9 Å². The number of pyridine rings is 1. The molecule has 3 rings (SSSR count). The lowest BCUT2D eigenvalue weighted by Gasteiger charge is -2.15. The first-order valence-corrected chi connectivity index (χ1v) is 8.49. The third-order valence-corrected chi connectivity index (χ3v) is 4.18. The molecule has 2 N–H and O–H groups in total. The molecule has 142 valence electrons. The highest BCUT2D eigenvalue weighted by Gasteiger charge is 2.19. The Morgan fingerprint density at radius 2 is 2.22 bits per heavy atom. The maximum atomic E-state index is 13.4. The fourth-order valence-electron chi connectivity index (χ4n) is 2.91. The van der Waals surface area contributed by atoms with Crippen LogP contribution in [0.1, 0.15) is 35.6 Å². The monoisotopic (exact) mass is 373 g/mol. The van der Waals surface area contributed by atoms with Crippen molar-refractivity contribution in [1.82, 2.24) is 25.1 Å². The lowest BCUT2D eigenvalue weighted by molar-refractivity contribution is 0.0939. The number of nitrogens with zero attached hydrogens (tertiary/aromatic N) is 3. The molecule has 0 unspecified atom stereocenters. The third kappa shape index (κ3) is 4.20. The molecule has 2 heterocycles. The number of fused-ring (bicyclic) bond motifs is 1. The Morgan fingerprint density at radius 3 is 3.00 bits per heavy atom. The molecule has 9 heteroatoms. The van der Waals surface area contributed by atoms with E-state index in [0.717, 1.165) is 6.42 Å². The minimum Gasteiger partial charge on any atom is -0.385 e. The van der Waals surface area contributed by atoms with Gasteiger partial charge in [0.05, 0.1) is 17.1 Å². The minimum absolute atomic E-state index is 0.172. The highest BCUT2D eigenvalue weighted by molar-refractivity contribution is 6.06. The zero-order valence-corrected chi connectivity index (χ0v) is 15.0. The number of carbonyl (C=O) groups is 1. The lowest BCUT2D eigenvalue weighted by atomic mass is 10.1. The summed E-state index contributed by atoms with van der Waals surface area (Å²) in [5.41, 5.74) is -0.0391. The molecule has 1 atom stereocenters. The van der Waals surface area contributed by atoms with Crippen molar-refractivity contribution < 1.29 is 13.9 Å². The van der Waals surface area contributed by atoms with Crippen molar-refractivity contribution in [3.63, 3.8) is 0 Å². The number of benzene rings is 1. The van der Waals surface area contributed by atoms with Gasteiger partial charge < -0.3 is 19.6 Å². The Kier molecular flexibility index (Phi) is 5.60. The first-order valence-electron chi connectivity index (χ1n) is 8.49. The lowest BCUT2D eigenvalue weighted by Crippen LogP contribution is -2.30. The fraction of sp³-hybridized carbons (Fsp3) is 0.333. The van der Waals surface area contributed by atoms with Crippen LogP contribution in [0, 0.1) is 5.82 Å². The molecule has 27 heavy (non-hydrogen) atoms. The largest absolute Gasteiger partial charge is 0.385 e. The number of carbonyl (C=O) groups excluding carboxylic acids is 1. The number of methoxy groups -OCH3 is 1. The summed E-state index contributed by atoms with van der Waals surface area (Å²) < 4.78 is 20.3. The average molecular weight is 373 g/mol. The van der Waals surface area contributed by atoms with Gasteiger partial charge in [0.25, 0.3) is 5.91 Å². The maximum absolute atomic E-state index is 13.4. The Bertz CT molecular complexity index is 1010. The van der Waals surface area contributed by atoms with Crippen LogP contribution in [-0.4, -0.2) is 39.4 Å². The molecule has 0 aliphatic heterocycles. The molecule has 0 spiro atoms. The van der Waals surface area contributed by atoms with Crippen LogP contribution in [0.2, 0.25) is 0 Å². The molecular weight excluding hydrogens is 353 g/mol. The van der Waals surface area contributed by atoms with Crippen LogP contribution in [-0.2, 0) is 11.3 Å². The van der Waals surface area contributed by atoms with Crippen molar-refractivity contribution in [2.45, 2.75) is 25.9 Å². The summed E-state index contributed by atoms with van der Waals surface area (Å²) in [6.45, 7) is 3.04. The third-order valence-electron chi connectivity index (χ3n) is 4.18. The van der Waals surface area contributed by atoms with Gasteiger partial charge in [0.2, 0.25) is 5.56 Å². The maximum Gasteiger partial charge on any atom is 0.252 e. The standard InChI is InChI=1S/C18H20FN5O3/c1-11(17-23-20-10-24(17)6-3-7-27-2)21-18(26)14-9-16(25)22-15-8-12(19)4-5-13(14)15/h4-5,8-11H,3,6-7H2,1-2H3,(H,21,26)(H,22,25)/t11-/m0/s1. The van der Waals surface area contributed by atoms with Gasteiger partial charge in [-0.25, -0.2) is 4.39 Å². The molecule has 3 aromatic rings. The number of hydrogen-bond acceptors (Lipinski definition) is 5. The molecule has 0 saturated carbocycles. The minimum atomic E-state index is -0.492. The SMILES string of the molecule is COCCCn1cnnc1[C@H](C)NC(=O)c1cc(=O)[nH]c2cc(F)ccc12. The Hall–Kier alpha value is -3.07. The number of halogens is 1. The summed E-state index contributed by atoms with van der Waals surface area (Å²) in [4.78, 5) is 27.1. The molecule has 1 amide bonds. The predicted octanol–water partition coefficient (Wildman–Crippen LogP) is 1.79. The normalized spacial score (nSPS) is 12.3. The topological polar surface area (TPSA) is 102 Å². The smallest absolute Gasteiger partial charge is 0.252 e. The van der Waals surface area contributed by atoms with Gasteiger partial charge in [0, 0.05) is 31.7 Å². The molecule has 0 saturated heterocycles. The van der Waals surface area contributed by atoms with Gasteiger partial charge in [0.1, 0.15) is 12.1 Å². The van der Waals surface area contributed by atoms with E-state index in [2.05, 4.69) is 20.5 Å². The molecule has 2 aromatic heterocycles. The zero-order chi connectivity index (χ0) is 19.4. The number of hydrogen-bond donors (Lipinski definition) is 2. The summed E-state index contributed by atoms with van der Waals surface area (Å²) in [6.07, 6.45) is 2.38. The average Bonchev–Trinajstić information content (AvgIpc) is 3.09. The highest BCUT2D eigenvalue weighted by atomic mass is 19.1. The second kappa shape index (κ2) is 8.09. The summed E-state index contributed by atoms with van der Waals surface area (Å²) >= 11 is 0. The van der Waals surface area contributed by atoms with Crippen LogP contribution in [0.3, 0.4) is 0 Å². The predicted molar refractivity (Wildman–Crippen MR) is 96.9 cm³/mol. The van der Waals surface area contributed by atoms with Crippen molar-refractivity contribution in [2.75, 3.05) is 13.7 Å². The molecule has 0 aliphatic rings. The number of aromatic amines is 1. The van der Waals surface area contributed by atoms with Crippen molar-refractivity contribution in [2.24, 2.45) is 0 Å². The van der Waals surface area contributed by atoms with Crippen LogP contribution in [0.4, 0.5) is 4.39 Å². The highest BCUT2D eigenvalue weighted by Crippen LogP contribution is 2.18. The van der Waals surface area contributed by atoms with Crippen molar-refractivity contribution in [1.29, 1.82) is 0 Å². The summed E-state index contributed by atoms with van der Waals surface area (Å²) in [6, 6.07) is 4.66. The van der Waals surface area contributed by atoms with Gasteiger partial charge in [-0.15, -0.1) is 10.2 Å². The number of ether oxygens (including phenoxy) is 1. The van der Waals surface area contributed by atoms with Gasteiger partial charge in [-0.05, 0) is 31.5 Å². The zero-order valence-electron chi connectivity index (χ0n) is 15.0. The number of H-pyrrole nitrogens is 1. The fourth-order valence-corrected chi connectivity index (χ4v) is 2.91. The van der Waals surface area contributed by atoms with E-state index < -0.39 is 23.3 Å². The number of nitrogens with one attached hydrogen (secondary N) is 2. The molecule has 0 fully saturated rings. The number of amides is 1. The van der Waals surface area contributed by atoms with E-state index in [1.54, 1.807) is 20.4 Å². The van der Waals surface area contributed by atoms with E-state index in [0.29, 0.717) is 24.4 Å². The van der Waals surface area contributed by atoms with Gasteiger partial charge in [0.15, 0.2) is 5.82 Å².